The molecule has 1 aromatic heterocycles. The van der Waals surface area contributed by atoms with Crippen LogP contribution < -0.4 is 4.74 Å². The van der Waals surface area contributed by atoms with Crippen LogP contribution in [0.3, 0.4) is 0 Å². The van der Waals surface area contributed by atoms with Crippen LogP contribution in [0.15, 0.2) is 42.5 Å². The smallest absolute Gasteiger partial charge is 0.274 e. The van der Waals surface area contributed by atoms with Crippen LogP contribution in [0.25, 0.3) is 10.2 Å². The van der Waals surface area contributed by atoms with Crippen molar-refractivity contribution in [1.29, 1.82) is 0 Å². The molecule has 3 aromatic rings. The Morgan fingerprint density at radius 3 is 2.52 bits per heavy atom. The van der Waals surface area contributed by atoms with E-state index < -0.39 is 0 Å². The molecule has 0 aliphatic carbocycles. The van der Waals surface area contributed by atoms with Gasteiger partial charge in [-0.1, -0.05) is 53.8 Å². The minimum Gasteiger partial charge on any atom is -0.467 e. The Bertz CT molecular complexity index is 905. The first-order chi connectivity index (χ1) is 13.1. The molecule has 140 valence electrons. The topological polar surface area (TPSA) is 42.4 Å². The van der Waals surface area contributed by atoms with E-state index in [0.29, 0.717) is 6.42 Å². The first kappa shape index (κ1) is 18.0. The molecule has 1 saturated heterocycles. The second-order valence-corrected chi connectivity index (χ2v) is 8.18. The van der Waals surface area contributed by atoms with Crippen molar-refractivity contribution in [3.63, 3.8) is 0 Å². The summed E-state index contributed by atoms with van der Waals surface area (Å²) < 4.78 is 7.37. The monoisotopic (exact) mass is 380 g/mol. The van der Waals surface area contributed by atoms with E-state index in [9.17, 15) is 4.79 Å². The van der Waals surface area contributed by atoms with Crippen molar-refractivity contribution in [3.05, 3.63) is 59.2 Å². The van der Waals surface area contributed by atoms with Gasteiger partial charge in [0.2, 0.25) is 5.91 Å². The second kappa shape index (κ2) is 7.69. The van der Waals surface area contributed by atoms with Gasteiger partial charge < -0.3 is 9.64 Å². The number of piperidine rings is 1. The Balaban J connectivity index is 1.35. The summed E-state index contributed by atoms with van der Waals surface area (Å²) in [7, 11) is 0. The third-order valence-corrected chi connectivity index (χ3v) is 6.26. The molecular formula is C22H24N2O2S. The molecule has 0 radical (unpaired) electrons. The third kappa shape index (κ3) is 3.98. The van der Waals surface area contributed by atoms with Gasteiger partial charge in [-0.15, -0.1) is 0 Å². The van der Waals surface area contributed by atoms with Gasteiger partial charge >= 0.3 is 0 Å². The number of thiazole rings is 1. The number of rotatable bonds is 4. The van der Waals surface area contributed by atoms with Gasteiger partial charge in [-0.05, 0) is 30.5 Å². The number of carbonyl (C=O) groups excluding carboxylic acids is 1. The van der Waals surface area contributed by atoms with E-state index in [1.165, 1.54) is 15.8 Å². The zero-order valence-corrected chi connectivity index (χ0v) is 16.6. The number of hydrogen-bond acceptors (Lipinski definition) is 4. The maximum absolute atomic E-state index is 12.5. The minimum absolute atomic E-state index is 0.131. The molecule has 1 fully saturated rings. The summed E-state index contributed by atoms with van der Waals surface area (Å²) in [4.78, 5) is 19.2. The van der Waals surface area contributed by atoms with Crippen molar-refractivity contribution in [2.24, 2.45) is 0 Å². The molecule has 0 unspecified atom stereocenters. The summed E-state index contributed by atoms with van der Waals surface area (Å²) in [5.74, 6) is 0.200. The molecule has 27 heavy (non-hydrogen) atoms. The standard InChI is InChI=1S/C22H24N2O2S/c1-15-8-9-16(2)21-20(15)23-22(27-21)26-18-10-12-24(13-11-18)19(25)14-17-6-4-3-5-7-17/h3-9,18H,10-14H2,1-2H3. The predicted molar refractivity (Wildman–Crippen MR) is 109 cm³/mol. The Morgan fingerprint density at radius 1 is 1.11 bits per heavy atom. The first-order valence-corrected chi connectivity index (χ1v) is 10.3. The van der Waals surface area contributed by atoms with Gasteiger partial charge in [-0.3, -0.25) is 4.79 Å². The summed E-state index contributed by atoms with van der Waals surface area (Å²) in [6, 6.07) is 14.2. The molecule has 4 nitrogen and oxygen atoms in total. The number of nitrogens with zero attached hydrogens (tertiary/aromatic N) is 2. The highest BCUT2D eigenvalue weighted by molar-refractivity contribution is 7.20. The van der Waals surface area contributed by atoms with Crippen LogP contribution in [0.2, 0.25) is 0 Å². The van der Waals surface area contributed by atoms with Gasteiger partial charge in [0.1, 0.15) is 6.10 Å². The normalized spacial score (nSPS) is 15.3. The lowest BCUT2D eigenvalue weighted by molar-refractivity contribution is -0.132. The molecule has 0 bridgehead atoms. The average Bonchev–Trinajstić information content (AvgIpc) is 3.11. The number of benzene rings is 2. The van der Waals surface area contributed by atoms with Crippen molar-refractivity contribution >= 4 is 27.5 Å². The quantitative estimate of drug-likeness (QED) is 0.668. The van der Waals surface area contributed by atoms with E-state index in [1.807, 2.05) is 35.2 Å². The largest absolute Gasteiger partial charge is 0.467 e. The predicted octanol–water partition coefficient (Wildman–Crippen LogP) is 4.53. The Morgan fingerprint density at radius 2 is 1.81 bits per heavy atom. The van der Waals surface area contributed by atoms with Crippen molar-refractivity contribution in [2.75, 3.05) is 13.1 Å². The summed E-state index contributed by atoms with van der Waals surface area (Å²) in [5.41, 5.74) is 4.54. The average molecular weight is 381 g/mol. The van der Waals surface area contributed by atoms with Crippen molar-refractivity contribution in [2.45, 2.75) is 39.2 Å². The van der Waals surface area contributed by atoms with Crippen LogP contribution >= 0.6 is 11.3 Å². The SMILES string of the molecule is Cc1ccc(C)c2sc(OC3CCN(C(=O)Cc4ccccc4)CC3)nc12. The molecule has 1 amide bonds. The van der Waals surface area contributed by atoms with E-state index in [4.69, 9.17) is 9.72 Å². The zero-order chi connectivity index (χ0) is 18.8. The minimum atomic E-state index is 0.131. The fourth-order valence-corrected chi connectivity index (χ4v) is 4.57. The van der Waals surface area contributed by atoms with Gasteiger partial charge in [0.05, 0.1) is 16.6 Å². The number of likely N-dealkylation sites (tertiary alicyclic amines) is 1. The third-order valence-electron chi connectivity index (χ3n) is 5.18. The lowest BCUT2D eigenvalue weighted by Crippen LogP contribution is -2.42. The fraction of sp³-hybridized carbons (Fsp3) is 0.364. The van der Waals surface area contributed by atoms with Crippen LogP contribution in [0.5, 0.6) is 5.19 Å². The molecule has 0 N–H and O–H groups in total. The highest BCUT2D eigenvalue weighted by Gasteiger charge is 2.25. The first-order valence-electron chi connectivity index (χ1n) is 9.45. The molecule has 2 heterocycles. The number of aryl methyl sites for hydroxylation is 2. The highest BCUT2D eigenvalue weighted by atomic mass is 32.1. The van der Waals surface area contributed by atoms with Gasteiger partial charge in [0.25, 0.3) is 5.19 Å². The van der Waals surface area contributed by atoms with E-state index in [2.05, 4.69) is 26.0 Å². The molecule has 5 heteroatoms. The van der Waals surface area contributed by atoms with Gasteiger partial charge in [-0.25, -0.2) is 4.98 Å². The summed E-state index contributed by atoms with van der Waals surface area (Å²) in [6.45, 7) is 5.70. The summed E-state index contributed by atoms with van der Waals surface area (Å²) >= 11 is 1.63. The summed E-state index contributed by atoms with van der Waals surface area (Å²) in [6.07, 6.45) is 2.32. The zero-order valence-electron chi connectivity index (χ0n) is 15.8. The summed E-state index contributed by atoms with van der Waals surface area (Å²) in [5, 5.41) is 0.747. The van der Waals surface area contributed by atoms with E-state index in [1.54, 1.807) is 11.3 Å². The molecule has 1 aliphatic heterocycles. The highest BCUT2D eigenvalue weighted by Crippen LogP contribution is 2.33. The van der Waals surface area contributed by atoms with E-state index in [0.717, 1.165) is 42.2 Å². The lowest BCUT2D eigenvalue weighted by Gasteiger charge is -2.31. The van der Waals surface area contributed by atoms with Gasteiger partial charge in [-0.2, -0.15) is 0 Å². The fourth-order valence-electron chi connectivity index (χ4n) is 3.54. The number of ether oxygens (including phenoxy) is 1. The molecule has 4 rings (SSSR count). The van der Waals surface area contributed by atoms with Gasteiger partial charge in [0, 0.05) is 25.9 Å². The molecule has 0 saturated carbocycles. The van der Waals surface area contributed by atoms with Crippen LogP contribution in [0.4, 0.5) is 0 Å². The van der Waals surface area contributed by atoms with Crippen molar-refractivity contribution < 1.29 is 9.53 Å². The maximum atomic E-state index is 12.5. The molecule has 1 aliphatic rings. The lowest BCUT2D eigenvalue weighted by atomic mass is 10.1. The van der Waals surface area contributed by atoms with Crippen molar-refractivity contribution in [1.82, 2.24) is 9.88 Å². The number of aromatic nitrogens is 1. The Hall–Kier alpha value is -2.40. The molecule has 0 atom stereocenters. The number of carbonyl (C=O) groups is 1. The van der Waals surface area contributed by atoms with Gasteiger partial charge in [0.15, 0.2) is 0 Å². The molecular weight excluding hydrogens is 356 g/mol. The Labute approximate surface area is 163 Å². The van der Waals surface area contributed by atoms with E-state index in [-0.39, 0.29) is 12.0 Å². The van der Waals surface area contributed by atoms with Crippen LogP contribution in [0.1, 0.15) is 29.5 Å². The molecule has 2 aromatic carbocycles. The maximum Gasteiger partial charge on any atom is 0.274 e. The van der Waals surface area contributed by atoms with Crippen LogP contribution in [-0.2, 0) is 11.2 Å². The molecule has 0 spiro atoms. The van der Waals surface area contributed by atoms with E-state index >= 15 is 0 Å². The van der Waals surface area contributed by atoms with Crippen LogP contribution in [0, 0.1) is 13.8 Å². The number of hydrogen-bond donors (Lipinski definition) is 0. The van der Waals surface area contributed by atoms with Crippen molar-refractivity contribution in [3.8, 4) is 5.19 Å². The second-order valence-electron chi connectivity index (χ2n) is 7.22. The van der Waals surface area contributed by atoms with Crippen LogP contribution in [-0.4, -0.2) is 35.0 Å². The number of fused-ring (bicyclic) bond motifs is 1. The Kier molecular flexibility index (Phi) is 5.12. The number of amides is 1.